The Balaban J connectivity index is 1.46. The van der Waals surface area contributed by atoms with Crippen LogP contribution in [-0.4, -0.2) is 53.6 Å². The Morgan fingerprint density at radius 3 is 2.44 bits per heavy atom. The van der Waals surface area contributed by atoms with Crippen molar-refractivity contribution < 1.29 is 23.9 Å². The van der Waals surface area contributed by atoms with Gasteiger partial charge in [-0.25, -0.2) is 0 Å². The van der Waals surface area contributed by atoms with Gasteiger partial charge in [0.05, 0.1) is 12.0 Å². The molecule has 0 atom stereocenters. The summed E-state index contributed by atoms with van der Waals surface area (Å²) in [6.07, 6.45) is 5.77. The topological polar surface area (TPSA) is 76.2 Å². The van der Waals surface area contributed by atoms with Crippen LogP contribution in [0.15, 0.2) is 53.4 Å². The predicted molar refractivity (Wildman–Crippen MR) is 131 cm³/mol. The first kappa shape index (κ1) is 23.9. The maximum absolute atomic E-state index is 12.9. The number of amides is 3. The lowest BCUT2D eigenvalue weighted by atomic mass is 10.1. The zero-order valence-electron chi connectivity index (χ0n) is 19.2. The summed E-state index contributed by atoms with van der Waals surface area (Å²) in [6, 6.07) is 15.1. The minimum absolute atomic E-state index is 0.175. The van der Waals surface area contributed by atoms with Gasteiger partial charge in [-0.15, -0.1) is 0 Å². The van der Waals surface area contributed by atoms with Crippen molar-refractivity contribution in [1.82, 2.24) is 9.80 Å². The van der Waals surface area contributed by atoms with E-state index in [9.17, 15) is 14.4 Å². The highest BCUT2D eigenvalue weighted by atomic mass is 32.2. The van der Waals surface area contributed by atoms with Crippen LogP contribution in [-0.2, 0) is 16.2 Å². The number of imide groups is 1. The zero-order valence-corrected chi connectivity index (χ0v) is 20.0. The van der Waals surface area contributed by atoms with Crippen molar-refractivity contribution in [2.45, 2.75) is 32.3 Å². The highest BCUT2D eigenvalue weighted by molar-refractivity contribution is 8.18. The summed E-state index contributed by atoms with van der Waals surface area (Å²) in [7, 11) is 1.57. The molecular formula is C26H28N2O5S. The molecule has 7 nitrogen and oxygen atoms in total. The smallest absolute Gasteiger partial charge is 0.294 e. The second-order valence-electron chi connectivity index (χ2n) is 8.25. The Morgan fingerprint density at radius 1 is 1.00 bits per heavy atom. The minimum atomic E-state index is -0.444. The van der Waals surface area contributed by atoms with Crippen LogP contribution in [0.25, 0.3) is 6.08 Å². The van der Waals surface area contributed by atoms with Crippen molar-refractivity contribution in [2.75, 3.05) is 26.7 Å². The quantitative estimate of drug-likeness (QED) is 0.534. The lowest BCUT2D eigenvalue weighted by molar-refractivity contribution is -0.135. The van der Waals surface area contributed by atoms with Crippen molar-refractivity contribution in [3.05, 3.63) is 64.6 Å². The van der Waals surface area contributed by atoms with Crippen molar-refractivity contribution in [3.63, 3.8) is 0 Å². The van der Waals surface area contributed by atoms with E-state index < -0.39 is 11.1 Å². The summed E-state index contributed by atoms with van der Waals surface area (Å²) in [6.45, 7) is 1.52. The number of methoxy groups -OCH3 is 1. The fraction of sp³-hybridized carbons (Fsp3) is 0.346. The van der Waals surface area contributed by atoms with Crippen LogP contribution >= 0.6 is 11.8 Å². The molecule has 0 bridgehead atoms. The summed E-state index contributed by atoms with van der Waals surface area (Å²) in [4.78, 5) is 41.2. The molecule has 3 amide bonds. The monoisotopic (exact) mass is 480 g/mol. The fourth-order valence-electron chi connectivity index (χ4n) is 3.97. The summed E-state index contributed by atoms with van der Waals surface area (Å²) < 4.78 is 11.3. The van der Waals surface area contributed by atoms with Crippen LogP contribution in [0.5, 0.6) is 11.5 Å². The van der Waals surface area contributed by atoms with Crippen molar-refractivity contribution in [3.8, 4) is 11.5 Å². The number of hydrogen-bond donors (Lipinski definition) is 0. The lowest BCUT2D eigenvalue weighted by Gasteiger charge is -2.22. The van der Waals surface area contributed by atoms with Gasteiger partial charge in [0.25, 0.3) is 11.1 Å². The third kappa shape index (κ3) is 5.80. The molecule has 0 aromatic heterocycles. The fourth-order valence-corrected chi connectivity index (χ4v) is 4.81. The number of ether oxygens (including phenoxy) is 2. The minimum Gasteiger partial charge on any atom is -0.493 e. The largest absolute Gasteiger partial charge is 0.493 e. The number of carbonyl (C=O) groups is 3. The molecule has 0 spiro atoms. The molecule has 2 heterocycles. The molecule has 34 heavy (non-hydrogen) atoms. The maximum atomic E-state index is 12.9. The number of thioether (sulfide) groups is 1. The van der Waals surface area contributed by atoms with E-state index in [0.717, 1.165) is 47.9 Å². The average molecular weight is 481 g/mol. The lowest BCUT2D eigenvalue weighted by Crippen LogP contribution is -2.42. The molecule has 0 radical (unpaired) electrons. The van der Waals surface area contributed by atoms with E-state index in [2.05, 4.69) is 0 Å². The molecule has 0 unspecified atom stereocenters. The second kappa shape index (κ2) is 11.2. The normalized spacial score (nSPS) is 17.7. The van der Waals surface area contributed by atoms with Crippen LogP contribution in [0.3, 0.4) is 0 Å². The van der Waals surface area contributed by atoms with Gasteiger partial charge in [-0.2, -0.15) is 0 Å². The molecule has 2 fully saturated rings. The summed E-state index contributed by atoms with van der Waals surface area (Å²) in [5.74, 6) is 0.493. The van der Waals surface area contributed by atoms with Crippen LogP contribution in [0.4, 0.5) is 4.79 Å². The number of nitrogens with zero attached hydrogens (tertiary/aromatic N) is 2. The van der Waals surface area contributed by atoms with Gasteiger partial charge in [0, 0.05) is 13.1 Å². The van der Waals surface area contributed by atoms with Crippen LogP contribution < -0.4 is 9.47 Å². The highest BCUT2D eigenvalue weighted by Gasteiger charge is 2.37. The van der Waals surface area contributed by atoms with E-state index in [4.69, 9.17) is 9.47 Å². The number of rotatable bonds is 7. The Hall–Kier alpha value is -3.26. The van der Waals surface area contributed by atoms with Crippen molar-refractivity contribution in [2.24, 2.45) is 0 Å². The van der Waals surface area contributed by atoms with E-state index in [1.54, 1.807) is 36.3 Å². The van der Waals surface area contributed by atoms with Gasteiger partial charge >= 0.3 is 0 Å². The number of benzene rings is 2. The van der Waals surface area contributed by atoms with Gasteiger partial charge in [0.15, 0.2) is 11.5 Å². The molecule has 2 aromatic carbocycles. The molecule has 0 N–H and O–H groups in total. The van der Waals surface area contributed by atoms with E-state index >= 15 is 0 Å². The maximum Gasteiger partial charge on any atom is 0.294 e. The zero-order chi connectivity index (χ0) is 23.9. The molecule has 2 aliphatic rings. The van der Waals surface area contributed by atoms with Gasteiger partial charge in [0.1, 0.15) is 13.2 Å². The first-order chi connectivity index (χ1) is 16.5. The van der Waals surface area contributed by atoms with Crippen molar-refractivity contribution >= 4 is 34.9 Å². The highest BCUT2D eigenvalue weighted by Crippen LogP contribution is 2.35. The van der Waals surface area contributed by atoms with Crippen molar-refractivity contribution in [1.29, 1.82) is 0 Å². The van der Waals surface area contributed by atoms with E-state index in [1.807, 2.05) is 30.3 Å². The Morgan fingerprint density at radius 2 is 1.74 bits per heavy atom. The van der Waals surface area contributed by atoms with Crippen LogP contribution in [0, 0.1) is 0 Å². The first-order valence-electron chi connectivity index (χ1n) is 11.4. The van der Waals surface area contributed by atoms with E-state index in [1.165, 1.54) is 0 Å². The molecule has 8 heteroatoms. The number of hydrogen-bond acceptors (Lipinski definition) is 6. The average Bonchev–Trinajstić information content (AvgIpc) is 3.04. The van der Waals surface area contributed by atoms with Crippen LogP contribution in [0.1, 0.15) is 36.8 Å². The van der Waals surface area contributed by atoms with Gasteiger partial charge in [-0.1, -0.05) is 49.2 Å². The third-order valence-corrected chi connectivity index (χ3v) is 6.76. The standard InChI is InChI=1S/C26H28N2O5S/c1-32-21-12-11-20(15-22(21)33-18-19-9-5-4-6-10-19)16-23-25(30)28(26(31)34-23)17-24(29)27-13-7-2-3-8-14-27/h4-6,9-12,15-16H,2-3,7-8,13-14,17-18H2,1H3. The van der Waals surface area contributed by atoms with Gasteiger partial charge in [-0.3, -0.25) is 19.3 Å². The van der Waals surface area contributed by atoms with E-state index in [0.29, 0.717) is 36.8 Å². The molecule has 0 aliphatic carbocycles. The molecular weight excluding hydrogens is 452 g/mol. The molecule has 2 saturated heterocycles. The summed E-state index contributed by atoms with van der Waals surface area (Å²) in [5.41, 5.74) is 1.72. The molecule has 178 valence electrons. The van der Waals surface area contributed by atoms with Crippen LogP contribution in [0.2, 0.25) is 0 Å². The van der Waals surface area contributed by atoms with Gasteiger partial charge in [0.2, 0.25) is 5.91 Å². The summed E-state index contributed by atoms with van der Waals surface area (Å²) >= 11 is 0.851. The molecule has 2 aromatic rings. The molecule has 4 rings (SSSR count). The Bertz CT molecular complexity index is 1080. The van der Waals surface area contributed by atoms with E-state index in [-0.39, 0.29) is 17.4 Å². The predicted octanol–water partition coefficient (Wildman–Crippen LogP) is 4.71. The Kier molecular flexibility index (Phi) is 7.90. The Labute approximate surface area is 203 Å². The van der Waals surface area contributed by atoms with Gasteiger partial charge < -0.3 is 14.4 Å². The number of carbonyl (C=O) groups excluding carboxylic acids is 3. The van der Waals surface area contributed by atoms with Gasteiger partial charge in [-0.05, 0) is 53.9 Å². The third-order valence-electron chi connectivity index (χ3n) is 5.85. The second-order valence-corrected chi connectivity index (χ2v) is 9.24. The summed E-state index contributed by atoms with van der Waals surface area (Å²) in [5, 5.41) is -0.423. The number of likely N-dealkylation sites (tertiary alicyclic amines) is 1. The molecule has 0 saturated carbocycles. The SMILES string of the molecule is COc1ccc(C=C2SC(=O)N(CC(=O)N3CCCCCC3)C2=O)cc1OCc1ccccc1. The first-order valence-corrected chi connectivity index (χ1v) is 12.2. The molecule has 2 aliphatic heterocycles.